The zero-order valence-corrected chi connectivity index (χ0v) is 43.0. The number of Topliss-reactive ketones (excluding diaryl/α,β-unsaturated/α-hetero) is 3. The maximum absolute atomic E-state index is 14.5. The number of hydrogen-bond donors (Lipinski definition) is 2. The minimum Gasteiger partial charge on any atom is -0.460 e. The molecule has 384 valence electrons. The van der Waals surface area contributed by atoms with Gasteiger partial charge in [-0.25, -0.2) is 4.79 Å². The number of carbonyl (C=O) groups is 5. The van der Waals surface area contributed by atoms with Crippen LogP contribution in [0, 0.1) is 41.4 Å². The molecule has 1 amide bonds. The molecule has 2 bridgehead atoms. The van der Waals surface area contributed by atoms with E-state index in [1.807, 2.05) is 65.0 Å². The lowest BCUT2D eigenvalue weighted by Crippen LogP contribution is -2.61. The van der Waals surface area contributed by atoms with Crippen LogP contribution in [0.4, 0.5) is 0 Å². The number of amides is 1. The summed E-state index contributed by atoms with van der Waals surface area (Å²) in [5.74, 6) is -7.32. The number of nitrogens with zero attached hydrogens (tertiary/aromatic N) is 1. The Hall–Kier alpha value is -3.37. The van der Waals surface area contributed by atoms with Gasteiger partial charge in [0.25, 0.3) is 11.7 Å². The van der Waals surface area contributed by atoms with Gasteiger partial charge >= 0.3 is 5.97 Å². The van der Waals surface area contributed by atoms with Gasteiger partial charge in [-0.15, -0.1) is 0 Å². The van der Waals surface area contributed by atoms with Gasteiger partial charge in [-0.2, -0.15) is 0 Å². The molecule has 3 heterocycles. The fourth-order valence-corrected chi connectivity index (χ4v) is 10.7. The summed E-state index contributed by atoms with van der Waals surface area (Å²) >= 11 is 0. The molecule has 1 saturated carbocycles. The summed E-state index contributed by atoms with van der Waals surface area (Å²) in [6.07, 6.45) is 14.8. The highest BCUT2D eigenvalue weighted by atomic mass is 16.6. The van der Waals surface area contributed by atoms with E-state index in [1.54, 1.807) is 28.1 Å². The minimum absolute atomic E-state index is 0.00654. The molecule has 3 aliphatic heterocycles. The van der Waals surface area contributed by atoms with Crippen molar-refractivity contribution in [2.45, 2.75) is 181 Å². The first-order chi connectivity index (χ1) is 32.3. The van der Waals surface area contributed by atoms with E-state index in [0.29, 0.717) is 51.4 Å². The predicted octanol–water partition coefficient (Wildman–Crippen LogP) is 7.47. The van der Waals surface area contributed by atoms with E-state index in [-0.39, 0.29) is 86.0 Å². The van der Waals surface area contributed by atoms with Gasteiger partial charge in [0.1, 0.15) is 24.0 Å². The molecule has 15 atom stereocenters. The van der Waals surface area contributed by atoms with Gasteiger partial charge in [0.05, 0.1) is 37.6 Å². The van der Waals surface area contributed by atoms with E-state index in [4.69, 9.17) is 28.4 Å². The van der Waals surface area contributed by atoms with Crippen molar-refractivity contribution < 1.29 is 62.6 Å². The lowest BCUT2D eigenvalue weighted by Gasteiger charge is -2.42. The van der Waals surface area contributed by atoms with Crippen LogP contribution in [0.2, 0.25) is 0 Å². The molecule has 0 radical (unpaired) electrons. The molecule has 4 aliphatic rings. The Balaban J connectivity index is 1.70. The molecule has 0 aromatic carbocycles. The molecule has 68 heavy (non-hydrogen) atoms. The number of carbonyl (C=O) groups excluding carboxylic acids is 5. The van der Waals surface area contributed by atoms with Crippen molar-refractivity contribution in [2.24, 2.45) is 41.4 Å². The van der Waals surface area contributed by atoms with Crippen LogP contribution in [0.1, 0.15) is 132 Å². The lowest BCUT2D eigenvalue weighted by molar-refractivity contribution is -0.265. The third-order valence-electron chi connectivity index (χ3n) is 15.3. The average Bonchev–Trinajstić information content (AvgIpc) is 3.32. The molecule has 4 rings (SSSR count). The maximum Gasteiger partial charge on any atom is 0.329 e. The number of ketones is 3. The number of aliphatic hydroxyl groups excluding tert-OH is 1. The Labute approximate surface area is 406 Å². The summed E-state index contributed by atoms with van der Waals surface area (Å²) in [7, 11) is 4.78. The van der Waals surface area contributed by atoms with Gasteiger partial charge in [0, 0.05) is 64.4 Å². The first kappa shape index (κ1) is 57.2. The second kappa shape index (κ2) is 27.3. The van der Waals surface area contributed by atoms with Crippen LogP contribution in [0.3, 0.4) is 0 Å². The van der Waals surface area contributed by atoms with Crippen LogP contribution >= 0.6 is 0 Å². The molecule has 14 heteroatoms. The second-order valence-corrected chi connectivity index (χ2v) is 20.5. The third kappa shape index (κ3) is 15.3. The normalized spacial score (nSPS) is 39.2. The van der Waals surface area contributed by atoms with E-state index in [2.05, 4.69) is 13.0 Å². The number of piperidine rings is 1. The molecular formula is C54H85NO13. The highest BCUT2D eigenvalue weighted by molar-refractivity contribution is 6.39. The van der Waals surface area contributed by atoms with Crippen molar-refractivity contribution in [3.63, 3.8) is 0 Å². The Morgan fingerprint density at radius 3 is 2.25 bits per heavy atom. The average molecular weight is 956 g/mol. The van der Waals surface area contributed by atoms with E-state index in [1.165, 1.54) is 12.0 Å². The third-order valence-corrected chi connectivity index (χ3v) is 15.3. The van der Waals surface area contributed by atoms with Gasteiger partial charge in [0.2, 0.25) is 5.79 Å². The molecule has 1 aliphatic carbocycles. The molecule has 2 N–H and O–H groups in total. The SMILES string of the molecule is COC1C[C@@H]2CC[C@@H](C)[C@@](O)(O2)C(=O)C(=O)N2CCCC[C@H]2C(=O)OC([C@H](C)C[C@@H]2CC[C@@H](OCCO)[C@H](OC)C2)CC(=O)[C@H](C)/C=C(\C)[C@@H](C)[C@@H](OC)C(=O)[C@H](C)C[C@H](C)/C=C/C=C/C=C/1C. The first-order valence-corrected chi connectivity index (χ1v) is 25.3. The predicted molar refractivity (Wildman–Crippen MR) is 259 cm³/mol. The smallest absolute Gasteiger partial charge is 0.329 e. The van der Waals surface area contributed by atoms with E-state index in [9.17, 15) is 34.2 Å². The highest BCUT2D eigenvalue weighted by Crippen LogP contribution is 2.38. The van der Waals surface area contributed by atoms with Crippen LogP contribution in [-0.4, -0.2) is 134 Å². The Bertz CT molecular complexity index is 1810. The quantitative estimate of drug-likeness (QED) is 0.132. The first-order valence-electron chi connectivity index (χ1n) is 25.3. The molecule has 0 spiro atoms. The lowest BCUT2D eigenvalue weighted by atomic mass is 9.78. The topological polar surface area (TPSA) is 184 Å². The van der Waals surface area contributed by atoms with Gasteiger partial charge < -0.3 is 43.5 Å². The second-order valence-electron chi connectivity index (χ2n) is 20.5. The van der Waals surface area contributed by atoms with Crippen molar-refractivity contribution in [1.29, 1.82) is 0 Å². The Morgan fingerprint density at radius 1 is 0.838 bits per heavy atom. The van der Waals surface area contributed by atoms with Crippen molar-refractivity contribution in [1.82, 2.24) is 4.90 Å². The van der Waals surface area contributed by atoms with Gasteiger partial charge in [-0.1, -0.05) is 83.6 Å². The maximum atomic E-state index is 14.5. The largest absolute Gasteiger partial charge is 0.460 e. The van der Waals surface area contributed by atoms with E-state index in [0.717, 1.165) is 24.0 Å². The van der Waals surface area contributed by atoms with Gasteiger partial charge in [-0.05, 0) is 101 Å². The van der Waals surface area contributed by atoms with E-state index < -0.39 is 65.7 Å². The number of allylic oxidation sites excluding steroid dienone is 6. The number of hydrogen-bond acceptors (Lipinski definition) is 13. The number of esters is 1. The number of cyclic esters (lactones) is 1. The number of aliphatic hydroxyl groups is 2. The molecule has 2 unspecified atom stereocenters. The Morgan fingerprint density at radius 2 is 1.57 bits per heavy atom. The molecular weight excluding hydrogens is 871 g/mol. The zero-order chi connectivity index (χ0) is 50.3. The summed E-state index contributed by atoms with van der Waals surface area (Å²) in [6, 6.07) is -1.11. The standard InChI is InChI=1S/C54H85NO13/c1-33-17-13-12-14-18-34(2)46(63-9)31-42-22-20-39(7)54(62,68-42)51(59)52(60)55-24-16-15-19-43(55)53(61)67-47(37(5)29-41-21-23-45(66-26-25-56)48(30-41)64-10)32-44(57)36(4)28-35(3)40(8)50(65-11)49(58)38(6)27-33/h12-14,17-18,28,33,36-43,45-48,50,56,62H,15-16,19-27,29-32H2,1-11H3/b14-12+,17-13+,34-18+,35-28+/t33-,36-,37-,38-,39-,40-,41+,42+,43+,45-,46?,47?,48-,50-,54-/m1/s1. The van der Waals surface area contributed by atoms with Crippen molar-refractivity contribution >= 4 is 29.2 Å². The number of fused-ring (bicyclic) bond motifs is 3. The van der Waals surface area contributed by atoms with E-state index >= 15 is 0 Å². The molecule has 0 aromatic heterocycles. The summed E-state index contributed by atoms with van der Waals surface area (Å²) < 4.78 is 35.9. The monoisotopic (exact) mass is 956 g/mol. The van der Waals surface area contributed by atoms with Crippen LogP contribution in [0.25, 0.3) is 0 Å². The van der Waals surface area contributed by atoms with Gasteiger partial charge in [0.15, 0.2) is 5.78 Å². The molecule has 14 nitrogen and oxygen atoms in total. The summed E-state index contributed by atoms with van der Waals surface area (Å²) in [6.45, 7) is 15.5. The zero-order valence-electron chi connectivity index (χ0n) is 43.0. The summed E-state index contributed by atoms with van der Waals surface area (Å²) in [4.78, 5) is 72.5. The van der Waals surface area contributed by atoms with Crippen LogP contribution in [0.15, 0.2) is 47.6 Å². The molecule has 0 aromatic rings. The summed E-state index contributed by atoms with van der Waals surface area (Å²) in [5, 5.41) is 21.3. The van der Waals surface area contributed by atoms with Crippen molar-refractivity contribution in [3.8, 4) is 0 Å². The fourth-order valence-electron chi connectivity index (χ4n) is 10.7. The van der Waals surface area contributed by atoms with Gasteiger partial charge in [-0.3, -0.25) is 19.2 Å². The molecule has 3 fully saturated rings. The Kier molecular flexibility index (Phi) is 23.0. The molecule has 2 saturated heterocycles. The van der Waals surface area contributed by atoms with Crippen LogP contribution < -0.4 is 0 Å². The fraction of sp³-hybridized carbons (Fsp3) is 0.759. The van der Waals surface area contributed by atoms with Crippen molar-refractivity contribution in [3.05, 3.63) is 47.6 Å². The van der Waals surface area contributed by atoms with Crippen LogP contribution in [0.5, 0.6) is 0 Å². The highest BCUT2D eigenvalue weighted by Gasteiger charge is 2.53. The van der Waals surface area contributed by atoms with Crippen molar-refractivity contribution in [2.75, 3.05) is 41.1 Å². The van der Waals surface area contributed by atoms with Crippen LogP contribution in [-0.2, 0) is 52.4 Å². The number of ether oxygens (including phenoxy) is 6. The minimum atomic E-state index is -2.42. The number of rotatable bonds is 9. The number of methoxy groups -OCH3 is 3. The summed E-state index contributed by atoms with van der Waals surface area (Å²) in [5.41, 5.74) is 1.73.